The highest BCUT2D eigenvalue weighted by molar-refractivity contribution is 7.86. The van der Waals surface area contributed by atoms with E-state index in [2.05, 4.69) is 0 Å². The highest BCUT2D eigenvalue weighted by Gasteiger charge is 2.43. The molecule has 92 heavy (non-hydrogen) atoms. The average Bonchev–Trinajstić information content (AvgIpc) is 0.728. The Morgan fingerprint density at radius 3 is 0.663 bits per heavy atom. The lowest BCUT2D eigenvalue weighted by atomic mass is 9.74. The van der Waals surface area contributed by atoms with Crippen molar-refractivity contribution in [2.75, 3.05) is 28.4 Å². The highest BCUT2D eigenvalue weighted by Crippen LogP contribution is 2.62. The Morgan fingerprint density at radius 1 is 0.239 bits per heavy atom. The Kier molecular flexibility index (Phi) is 16.3. The number of benzene rings is 8. The van der Waals surface area contributed by atoms with Gasteiger partial charge in [0.05, 0.1) is 28.4 Å². The van der Waals surface area contributed by atoms with Gasteiger partial charge in [0.1, 0.15) is 19.6 Å². The van der Waals surface area contributed by atoms with Gasteiger partial charge in [-0.1, -0.05) is 0 Å². The molecular formula is C56H48O32S4. The maximum absolute atomic E-state index is 13.7. The molecule has 1 aliphatic rings. The van der Waals surface area contributed by atoms with Gasteiger partial charge in [-0.25, -0.2) is 0 Å². The molecule has 0 saturated carbocycles. The molecule has 8 bridgehead atoms. The third-order valence-electron chi connectivity index (χ3n) is 15.3. The molecule has 0 radical (unpaired) electrons. The molecule has 32 nitrogen and oxygen atoms in total. The Hall–Kier alpha value is -10.6. The average molecular weight is 1360 g/mol. The first-order valence-corrected chi connectivity index (χ1v) is 31.1. The van der Waals surface area contributed by atoms with Gasteiger partial charge in [0.2, 0.25) is 23.0 Å². The van der Waals surface area contributed by atoms with Crippen LogP contribution in [-0.4, -0.2) is 162 Å². The molecule has 0 atom stereocenters. The van der Waals surface area contributed by atoms with Gasteiger partial charge >= 0.3 is 0 Å². The number of hydrogen-bond donors (Lipinski definition) is 20. The van der Waals surface area contributed by atoms with E-state index < -0.39 is 265 Å². The van der Waals surface area contributed by atoms with Gasteiger partial charge in [-0.05, 0) is 82.9 Å². The lowest BCUT2D eigenvalue weighted by Gasteiger charge is -2.31. The summed E-state index contributed by atoms with van der Waals surface area (Å²) in [5.74, 6) is -38.8. The van der Waals surface area contributed by atoms with Crippen molar-refractivity contribution in [3.8, 4) is 115 Å². The van der Waals surface area contributed by atoms with Crippen molar-refractivity contribution in [2.24, 2.45) is 0 Å². The third kappa shape index (κ3) is 10.7. The predicted molar refractivity (Wildman–Crippen MR) is 307 cm³/mol. The van der Waals surface area contributed by atoms with Crippen LogP contribution in [0.15, 0.2) is 92.4 Å². The summed E-state index contributed by atoms with van der Waals surface area (Å²) in [4.78, 5) is -5.85. The van der Waals surface area contributed by atoms with Crippen molar-refractivity contribution in [3.05, 3.63) is 140 Å². The minimum Gasteiger partial charge on any atom is -0.504 e. The summed E-state index contributed by atoms with van der Waals surface area (Å²) in [5, 5.41) is 191. The Bertz CT molecular complexity index is 4530. The maximum atomic E-state index is 13.7. The molecule has 0 saturated heterocycles. The number of fused-ring (bicyclic) bond motifs is 8. The van der Waals surface area contributed by atoms with E-state index in [4.69, 9.17) is 18.9 Å². The van der Waals surface area contributed by atoms with Gasteiger partial charge < -0.3 is 101 Å². The third-order valence-corrected chi connectivity index (χ3v) is 18.9. The van der Waals surface area contributed by atoms with Crippen LogP contribution >= 0.6 is 0 Å². The fourth-order valence-electron chi connectivity index (χ4n) is 11.2. The van der Waals surface area contributed by atoms with E-state index in [9.17, 15) is 134 Å². The molecule has 36 heteroatoms. The lowest BCUT2D eigenvalue weighted by molar-refractivity contribution is 0.352. The van der Waals surface area contributed by atoms with Crippen LogP contribution in [0.5, 0.6) is 115 Å². The van der Waals surface area contributed by atoms with Gasteiger partial charge in [-0.15, -0.1) is 0 Å². The van der Waals surface area contributed by atoms with Crippen LogP contribution in [-0.2, 0) is 40.5 Å². The molecule has 8 aromatic carbocycles. The smallest absolute Gasteiger partial charge is 0.298 e. The van der Waals surface area contributed by atoms with E-state index in [0.717, 1.165) is 28.4 Å². The number of methoxy groups -OCH3 is 4. The van der Waals surface area contributed by atoms with Crippen molar-refractivity contribution in [2.45, 2.75) is 43.3 Å². The van der Waals surface area contributed by atoms with Crippen LogP contribution in [0, 0.1) is 0 Å². The summed E-state index contributed by atoms with van der Waals surface area (Å²) < 4.78 is 171. The molecule has 1 aliphatic carbocycles. The summed E-state index contributed by atoms with van der Waals surface area (Å²) in [7, 11) is -19.7. The van der Waals surface area contributed by atoms with Crippen LogP contribution in [0.4, 0.5) is 0 Å². The van der Waals surface area contributed by atoms with E-state index in [-0.39, 0.29) is 0 Å². The van der Waals surface area contributed by atoms with Crippen molar-refractivity contribution in [1.82, 2.24) is 0 Å². The molecule has 8 aromatic rings. The SMILES string of the molecule is COc1cc(C2c3cc(c(O)c(O)c3O)C(c3cc(OC)c(O)c(S(=O)(=O)O)c3)c3cc(c(O)c(O)c3O)C(c3cc(OC)c(O)cc3S(=O)(=O)O)c3cc(c(O)c(O)c3O)C(c3cc(OC)c(O)c(S(=O)(=O)O)c3)c3cc2c(O)c(O)c3O)c(S(=O)(=O)O)cc1O. The highest BCUT2D eigenvalue weighted by atomic mass is 32.2. The zero-order valence-corrected chi connectivity index (χ0v) is 50.0. The van der Waals surface area contributed by atoms with E-state index in [1.165, 1.54) is 0 Å². The molecule has 0 fully saturated rings. The molecule has 0 aliphatic heterocycles. The second-order valence-corrected chi connectivity index (χ2v) is 25.9. The number of hydrogen-bond acceptors (Lipinski definition) is 28. The summed E-state index contributed by atoms with van der Waals surface area (Å²) >= 11 is 0. The number of rotatable bonds is 12. The molecule has 0 heterocycles. The fourth-order valence-corrected chi connectivity index (χ4v) is 13.9. The van der Waals surface area contributed by atoms with Gasteiger partial charge in [-0.3, -0.25) is 18.2 Å². The zero-order valence-electron chi connectivity index (χ0n) is 46.7. The van der Waals surface area contributed by atoms with Crippen molar-refractivity contribution < 1.29 is 153 Å². The maximum Gasteiger partial charge on any atom is 0.298 e. The molecule has 0 aromatic heterocycles. The van der Waals surface area contributed by atoms with Crippen molar-refractivity contribution >= 4 is 40.5 Å². The standard InChI is InChI=1S/C56H48O32S4/c1-85-31-13-19(35(15-29(31)57)89(73,74)75)41-25-9-21(43(59)53(69)47(25)63)39(17-5-33(87-3)51(67)37(7-17)91(79,80)81)23-11-27(49(65)55(71)45(23)61)42(20-14-32(86-2)30(58)16-36(20)90(76,77)78)28-12-24(46(62)56(72)50(28)66)40(22-10-26(41)48(64)54(70)44(22)60)18-6-34(88-4)52(68)38(8-18)92(82,83)84/h5-16,39-42,57-72H,1-4H3,(H,73,74,75)(H,76,77,78)(H,79,80,81)(H,82,83,84). The summed E-state index contributed by atoms with van der Waals surface area (Å²) in [6.45, 7) is 0. The van der Waals surface area contributed by atoms with Crippen LogP contribution in [0.25, 0.3) is 0 Å². The summed E-state index contributed by atoms with van der Waals surface area (Å²) in [6, 6.07) is 5.98. The van der Waals surface area contributed by atoms with Gasteiger partial charge in [0.15, 0.2) is 92.0 Å². The molecule has 0 unspecified atom stereocenters. The van der Waals surface area contributed by atoms with Crippen molar-refractivity contribution in [1.29, 1.82) is 0 Å². The van der Waals surface area contributed by atoms with E-state index >= 15 is 0 Å². The van der Waals surface area contributed by atoms with Crippen LogP contribution < -0.4 is 18.9 Å². The lowest BCUT2D eigenvalue weighted by Crippen LogP contribution is -2.16. The van der Waals surface area contributed by atoms with E-state index in [1.54, 1.807) is 0 Å². The normalized spacial score (nSPS) is 16.0. The summed E-state index contributed by atoms with van der Waals surface area (Å²) in [5.41, 5.74) is -12.9. The Balaban J connectivity index is 1.69. The van der Waals surface area contributed by atoms with Gasteiger partial charge in [-0.2, -0.15) is 33.7 Å². The number of ether oxygens (including phenoxy) is 4. The number of aromatic hydroxyl groups is 16. The Labute approximate surface area is 516 Å². The Morgan fingerprint density at radius 2 is 0.457 bits per heavy atom. The van der Waals surface area contributed by atoms with E-state index in [1.807, 2.05) is 0 Å². The second-order valence-electron chi connectivity index (χ2n) is 20.3. The fraction of sp³-hybridized carbons (Fsp3) is 0.143. The first-order valence-electron chi connectivity index (χ1n) is 25.3. The number of phenolic OH excluding ortho intramolecular Hbond substituents is 16. The van der Waals surface area contributed by atoms with E-state index in [0.29, 0.717) is 72.8 Å². The summed E-state index contributed by atoms with van der Waals surface area (Å²) in [6.07, 6.45) is 0. The van der Waals surface area contributed by atoms with Gasteiger partial charge in [0.25, 0.3) is 40.5 Å². The number of phenols is 16. The second kappa shape index (κ2) is 22.7. The molecule has 488 valence electrons. The topological polar surface area (TPSA) is 578 Å². The van der Waals surface area contributed by atoms with Gasteiger partial charge in [0, 0.05) is 80.3 Å². The monoisotopic (exact) mass is 1360 g/mol. The molecule has 9 rings (SSSR count). The first-order chi connectivity index (χ1) is 42.7. The molecular weight excluding hydrogens is 1310 g/mol. The minimum atomic E-state index is -5.85. The predicted octanol–water partition coefficient (Wildman–Crippen LogP) is 5.03. The molecule has 20 N–H and O–H groups in total. The minimum absolute atomic E-state index is 0.314. The first kappa shape index (κ1) is 65.8. The largest absolute Gasteiger partial charge is 0.504 e. The van der Waals surface area contributed by atoms with Crippen LogP contribution in [0.1, 0.15) is 90.4 Å². The quantitative estimate of drug-likeness (QED) is 0.0563. The van der Waals surface area contributed by atoms with Crippen molar-refractivity contribution in [3.63, 3.8) is 0 Å². The van der Waals surface area contributed by atoms with Crippen LogP contribution in [0.2, 0.25) is 0 Å². The van der Waals surface area contributed by atoms with Crippen LogP contribution in [0.3, 0.4) is 0 Å². The molecule has 0 spiro atoms. The zero-order chi connectivity index (χ0) is 68.4. The molecule has 0 amide bonds.